The fraction of sp³-hybridized carbons (Fsp3) is 0.308. The second-order valence-electron chi connectivity index (χ2n) is 4.09. The van der Waals surface area contributed by atoms with Crippen LogP contribution in [-0.2, 0) is 6.42 Å². The van der Waals surface area contributed by atoms with Gasteiger partial charge in [0.05, 0.1) is 0 Å². The summed E-state index contributed by atoms with van der Waals surface area (Å²) in [5.74, 6) is 0.858. The molecule has 1 aliphatic heterocycles. The maximum Gasteiger partial charge on any atom is 0.228 e. The minimum atomic E-state index is 0.858. The zero-order valence-corrected chi connectivity index (χ0v) is 9.07. The Bertz CT molecular complexity index is 476. The Kier molecular flexibility index (Phi) is 2.37. The highest BCUT2D eigenvalue weighted by Crippen LogP contribution is 2.31. The lowest BCUT2D eigenvalue weighted by atomic mass is 10.0. The van der Waals surface area contributed by atoms with Crippen molar-refractivity contribution in [2.45, 2.75) is 19.3 Å². The molecule has 0 aliphatic carbocycles. The Labute approximate surface area is 94.5 Å². The molecule has 1 aromatic carbocycles. The number of hydrogen-bond acceptors (Lipinski definition) is 3. The van der Waals surface area contributed by atoms with Crippen molar-refractivity contribution < 1.29 is 4.52 Å². The molecule has 0 radical (unpaired) electrons. The second-order valence-corrected chi connectivity index (χ2v) is 4.09. The standard InChI is InChI=1S/C13H14N2O/c1-2-6-10(7-3-1)12-11-8-4-5-9-14-13(11)16-15-12/h1-3,6-7,14H,4-5,8-9H2. The predicted molar refractivity (Wildman–Crippen MR) is 63.4 cm³/mol. The molecule has 1 aliphatic rings. The molecule has 0 saturated carbocycles. The molecule has 0 unspecified atom stereocenters. The number of nitrogens with zero attached hydrogens (tertiary/aromatic N) is 1. The highest BCUT2D eigenvalue weighted by Gasteiger charge is 2.18. The van der Waals surface area contributed by atoms with Crippen LogP contribution in [0, 0.1) is 0 Å². The van der Waals surface area contributed by atoms with Crippen molar-refractivity contribution in [3.05, 3.63) is 35.9 Å². The molecule has 3 heteroatoms. The number of rotatable bonds is 1. The summed E-state index contributed by atoms with van der Waals surface area (Å²) in [4.78, 5) is 0. The smallest absolute Gasteiger partial charge is 0.228 e. The van der Waals surface area contributed by atoms with Gasteiger partial charge in [0.25, 0.3) is 0 Å². The van der Waals surface area contributed by atoms with E-state index in [0.29, 0.717) is 0 Å². The fourth-order valence-corrected chi connectivity index (χ4v) is 2.13. The summed E-state index contributed by atoms with van der Waals surface area (Å²) in [6, 6.07) is 10.2. The minimum Gasteiger partial charge on any atom is -0.354 e. The van der Waals surface area contributed by atoms with Gasteiger partial charge in [-0.15, -0.1) is 0 Å². The molecule has 3 nitrogen and oxygen atoms in total. The van der Waals surface area contributed by atoms with Crippen LogP contribution in [0.2, 0.25) is 0 Å². The molecular formula is C13H14N2O. The lowest BCUT2D eigenvalue weighted by Gasteiger charge is -1.99. The first-order valence-corrected chi connectivity index (χ1v) is 5.73. The van der Waals surface area contributed by atoms with Gasteiger partial charge >= 0.3 is 0 Å². The van der Waals surface area contributed by atoms with Gasteiger partial charge in [-0.05, 0) is 19.3 Å². The number of anilines is 1. The normalized spacial score (nSPS) is 15.0. The second kappa shape index (κ2) is 4.00. The van der Waals surface area contributed by atoms with E-state index >= 15 is 0 Å². The quantitative estimate of drug-likeness (QED) is 0.792. The Morgan fingerprint density at radius 2 is 2.00 bits per heavy atom. The lowest BCUT2D eigenvalue weighted by Crippen LogP contribution is -1.97. The van der Waals surface area contributed by atoms with Crippen LogP contribution in [0.15, 0.2) is 34.9 Å². The van der Waals surface area contributed by atoms with Crippen LogP contribution in [-0.4, -0.2) is 11.7 Å². The van der Waals surface area contributed by atoms with Crippen LogP contribution in [0.25, 0.3) is 11.3 Å². The van der Waals surface area contributed by atoms with Crippen molar-refractivity contribution in [1.82, 2.24) is 5.16 Å². The molecule has 3 rings (SSSR count). The van der Waals surface area contributed by atoms with Crippen molar-refractivity contribution in [3.8, 4) is 11.3 Å². The zero-order valence-electron chi connectivity index (χ0n) is 9.07. The summed E-state index contributed by atoms with van der Waals surface area (Å²) in [5, 5.41) is 7.46. The maximum absolute atomic E-state index is 5.36. The van der Waals surface area contributed by atoms with Gasteiger partial charge in [-0.3, -0.25) is 0 Å². The molecule has 1 aromatic heterocycles. The number of aromatic nitrogens is 1. The van der Waals surface area contributed by atoms with E-state index in [2.05, 4.69) is 22.6 Å². The fourth-order valence-electron chi connectivity index (χ4n) is 2.13. The molecule has 82 valence electrons. The van der Waals surface area contributed by atoms with Gasteiger partial charge in [-0.2, -0.15) is 0 Å². The van der Waals surface area contributed by atoms with Gasteiger partial charge in [-0.1, -0.05) is 35.5 Å². The molecule has 16 heavy (non-hydrogen) atoms. The van der Waals surface area contributed by atoms with E-state index in [-0.39, 0.29) is 0 Å². The van der Waals surface area contributed by atoms with Crippen molar-refractivity contribution >= 4 is 5.88 Å². The number of fused-ring (bicyclic) bond motifs is 1. The summed E-state index contributed by atoms with van der Waals surface area (Å²) >= 11 is 0. The first-order chi connectivity index (χ1) is 7.95. The molecule has 1 N–H and O–H groups in total. The number of benzene rings is 1. The Morgan fingerprint density at radius 1 is 1.12 bits per heavy atom. The summed E-state index contributed by atoms with van der Waals surface area (Å²) < 4.78 is 5.36. The topological polar surface area (TPSA) is 38.1 Å². The summed E-state index contributed by atoms with van der Waals surface area (Å²) in [6.45, 7) is 0.983. The van der Waals surface area contributed by atoms with Gasteiger partial charge in [0.15, 0.2) is 0 Å². The summed E-state index contributed by atoms with van der Waals surface area (Å²) in [5.41, 5.74) is 3.35. The first kappa shape index (κ1) is 9.46. The van der Waals surface area contributed by atoms with E-state index < -0.39 is 0 Å². The van der Waals surface area contributed by atoms with Gasteiger partial charge < -0.3 is 9.84 Å². The van der Waals surface area contributed by atoms with Crippen molar-refractivity contribution in [2.75, 3.05) is 11.9 Å². The summed E-state index contributed by atoms with van der Waals surface area (Å²) in [7, 11) is 0. The highest BCUT2D eigenvalue weighted by molar-refractivity contribution is 5.67. The molecule has 0 saturated heterocycles. The van der Waals surface area contributed by atoms with Crippen LogP contribution >= 0.6 is 0 Å². The van der Waals surface area contributed by atoms with E-state index in [1.165, 1.54) is 18.4 Å². The van der Waals surface area contributed by atoms with Crippen LogP contribution in [0.3, 0.4) is 0 Å². The number of nitrogens with one attached hydrogen (secondary N) is 1. The molecule has 2 heterocycles. The molecular weight excluding hydrogens is 200 g/mol. The van der Waals surface area contributed by atoms with Gasteiger partial charge in [0, 0.05) is 17.7 Å². The largest absolute Gasteiger partial charge is 0.354 e. The third-order valence-electron chi connectivity index (χ3n) is 2.97. The Morgan fingerprint density at radius 3 is 2.88 bits per heavy atom. The van der Waals surface area contributed by atoms with Crippen molar-refractivity contribution in [3.63, 3.8) is 0 Å². The predicted octanol–water partition coefficient (Wildman–Crippen LogP) is 3.09. The highest BCUT2D eigenvalue weighted by atomic mass is 16.5. The first-order valence-electron chi connectivity index (χ1n) is 5.73. The van der Waals surface area contributed by atoms with Crippen molar-refractivity contribution in [2.24, 2.45) is 0 Å². The average molecular weight is 214 g/mol. The van der Waals surface area contributed by atoms with E-state index in [1.54, 1.807) is 0 Å². The molecule has 0 bridgehead atoms. The van der Waals surface area contributed by atoms with Gasteiger partial charge in [-0.25, -0.2) is 0 Å². The van der Waals surface area contributed by atoms with Crippen LogP contribution in [0.4, 0.5) is 5.88 Å². The lowest BCUT2D eigenvalue weighted by molar-refractivity contribution is 0.434. The van der Waals surface area contributed by atoms with Crippen LogP contribution in [0.1, 0.15) is 18.4 Å². The maximum atomic E-state index is 5.36. The van der Waals surface area contributed by atoms with Crippen LogP contribution < -0.4 is 5.32 Å². The average Bonchev–Trinajstić information content (AvgIpc) is 2.60. The van der Waals surface area contributed by atoms with Crippen molar-refractivity contribution in [1.29, 1.82) is 0 Å². The Balaban J connectivity index is 2.06. The zero-order chi connectivity index (χ0) is 10.8. The molecule has 0 fully saturated rings. The van der Waals surface area contributed by atoms with E-state index in [9.17, 15) is 0 Å². The van der Waals surface area contributed by atoms with E-state index in [0.717, 1.165) is 30.1 Å². The molecule has 0 atom stereocenters. The third kappa shape index (κ3) is 1.58. The molecule has 0 amide bonds. The van der Waals surface area contributed by atoms with Crippen LogP contribution in [0.5, 0.6) is 0 Å². The van der Waals surface area contributed by atoms with E-state index in [4.69, 9.17) is 4.52 Å². The van der Waals surface area contributed by atoms with Gasteiger partial charge in [0.2, 0.25) is 5.88 Å². The van der Waals surface area contributed by atoms with E-state index in [1.807, 2.05) is 18.2 Å². The van der Waals surface area contributed by atoms with Gasteiger partial charge in [0.1, 0.15) is 5.69 Å². The third-order valence-corrected chi connectivity index (χ3v) is 2.97. The Hall–Kier alpha value is -1.77. The minimum absolute atomic E-state index is 0.858. The monoisotopic (exact) mass is 214 g/mol. The molecule has 2 aromatic rings. The summed E-state index contributed by atoms with van der Waals surface area (Å²) in [6.07, 6.45) is 3.44. The number of hydrogen-bond donors (Lipinski definition) is 1. The SMILES string of the molecule is c1ccc(-c2noc3c2CCCCN3)cc1. The molecule has 0 spiro atoms.